The zero-order chi connectivity index (χ0) is 20.7. The average Bonchev–Trinajstić information content (AvgIpc) is 2.75. The number of aliphatic hydroxyl groups is 1. The van der Waals surface area contributed by atoms with E-state index < -0.39 is 5.60 Å². The molecule has 5 heteroatoms. The molecule has 1 aliphatic rings. The van der Waals surface area contributed by atoms with Crippen LogP contribution in [0.1, 0.15) is 43.2 Å². The van der Waals surface area contributed by atoms with Crippen molar-refractivity contribution in [1.82, 2.24) is 5.32 Å². The van der Waals surface area contributed by atoms with E-state index in [9.17, 15) is 9.50 Å². The molecule has 0 spiro atoms. The molecular formula is C24H32FNO3. The van der Waals surface area contributed by atoms with Gasteiger partial charge in [-0.05, 0) is 63.3 Å². The third-order valence-corrected chi connectivity index (χ3v) is 5.85. The van der Waals surface area contributed by atoms with Gasteiger partial charge in [0.15, 0.2) is 0 Å². The molecule has 29 heavy (non-hydrogen) atoms. The lowest BCUT2D eigenvalue weighted by molar-refractivity contribution is -0.0447. The van der Waals surface area contributed by atoms with Crippen molar-refractivity contribution < 1.29 is 19.0 Å². The van der Waals surface area contributed by atoms with Gasteiger partial charge in [-0.25, -0.2) is 4.39 Å². The minimum absolute atomic E-state index is 0.0946. The molecule has 2 N–H and O–H groups in total. The molecule has 4 nitrogen and oxygen atoms in total. The topological polar surface area (TPSA) is 50.7 Å². The van der Waals surface area contributed by atoms with Gasteiger partial charge in [-0.1, -0.05) is 24.3 Å². The number of para-hydroxylation sites is 1. The molecule has 2 aromatic rings. The number of hydrogen-bond acceptors (Lipinski definition) is 4. The van der Waals surface area contributed by atoms with Crippen molar-refractivity contribution in [2.24, 2.45) is 5.92 Å². The fourth-order valence-corrected chi connectivity index (χ4v) is 4.17. The Morgan fingerprint density at radius 3 is 2.76 bits per heavy atom. The SMILES string of the molecule is COCCCC[C@@](O)(c1ccccc1Oc1cc(F)ccc1C)[C@@H]1CCCNC1. The van der Waals surface area contributed by atoms with E-state index in [1.165, 1.54) is 12.1 Å². The monoisotopic (exact) mass is 401 g/mol. The fraction of sp³-hybridized carbons (Fsp3) is 0.500. The van der Waals surface area contributed by atoms with E-state index in [1.807, 2.05) is 31.2 Å². The number of benzene rings is 2. The molecule has 0 bridgehead atoms. The predicted octanol–water partition coefficient (Wildman–Crippen LogP) is 4.93. The largest absolute Gasteiger partial charge is 0.457 e. The predicted molar refractivity (Wildman–Crippen MR) is 113 cm³/mol. The number of unbranched alkanes of at least 4 members (excludes halogenated alkanes) is 1. The van der Waals surface area contributed by atoms with Gasteiger partial charge in [-0.2, -0.15) is 0 Å². The smallest absolute Gasteiger partial charge is 0.133 e. The third kappa shape index (κ3) is 5.35. The first-order valence-corrected chi connectivity index (χ1v) is 10.5. The average molecular weight is 402 g/mol. The van der Waals surface area contributed by atoms with Crippen LogP contribution >= 0.6 is 0 Å². The van der Waals surface area contributed by atoms with Crippen molar-refractivity contribution in [3.8, 4) is 11.5 Å². The number of nitrogens with one attached hydrogen (secondary N) is 1. The molecule has 0 radical (unpaired) electrons. The van der Waals surface area contributed by atoms with Crippen molar-refractivity contribution in [3.63, 3.8) is 0 Å². The molecule has 1 saturated heterocycles. The standard InChI is InChI=1S/C24H32FNO3/c1-18-11-12-20(25)16-23(18)29-22-10-4-3-9-21(22)24(27,13-5-6-15-28-2)19-8-7-14-26-17-19/h3-4,9-12,16,19,26-27H,5-8,13-15,17H2,1-2H3/t19-,24+/m1/s1. The lowest BCUT2D eigenvalue weighted by Crippen LogP contribution is -2.44. The zero-order valence-corrected chi connectivity index (χ0v) is 17.4. The van der Waals surface area contributed by atoms with E-state index in [1.54, 1.807) is 13.2 Å². The lowest BCUT2D eigenvalue weighted by atomic mass is 9.74. The van der Waals surface area contributed by atoms with Gasteiger partial charge >= 0.3 is 0 Å². The number of piperidine rings is 1. The van der Waals surface area contributed by atoms with Crippen LogP contribution in [0.15, 0.2) is 42.5 Å². The summed E-state index contributed by atoms with van der Waals surface area (Å²) in [7, 11) is 1.70. The maximum absolute atomic E-state index is 13.8. The zero-order valence-electron chi connectivity index (χ0n) is 17.4. The normalized spacial score (nSPS) is 19.0. The highest BCUT2D eigenvalue weighted by atomic mass is 19.1. The van der Waals surface area contributed by atoms with Gasteiger partial charge in [0.1, 0.15) is 17.3 Å². The quantitative estimate of drug-likeness (QED) is 0.585. The van der Waals surface area contributed by atoms with E-state index in [2.05, 4.69) is 5.32 Å². The summed E-state index contributed by atoms with van der Waals surface area (Å²) >= 11 is 0. The molecule has 1 fully saturated rings. The van der Waals surface area contributed by atoms with E-state index in [4.69, 9.17) is 9.47 Å². The van der Waals surface area contributed by atoms with Crippen LogP contribution in [-0.2, 0) is 10.3 Å². The van der Waals surface area contributed by atoms with Crippen LogP contribution in [0.5, 0.6) is 11.5 Å². The summed E-state index contributed by atoms with van der Waals surface area (Å²) in [4.78, 5) is 0. The number of hydrogen-bond donors (Lipinski definition) is 2. The Hall–Kier alpha value is -1.95. The number of aryl methyl sites for hydroxylation is 1. The van der Waals surface area contributed by atoms with E-state index >= 15 is 0 Å². The van der Waals surface area contributed by atoms with Crippen LogP contribution in [-0.4, -0.2) is 31.9 Å². The summed E-state index contributed by atoms with van der Waals surface area (Å²) in [5.74, 6) is 0.813. The van der Waals surface area contributed by atoms with Crippen LogP contribution in [0.3, 0.4) is 0 Å². The molecule has 1 heterocycles. The summed E-state index contributed by atoms with van der Waals surface area (Å²) in [6.07, 6.45) is 4.38. The maximum Gasteiger partial charge on any atom is 0.133 e. The Labute approximate surface area is 173 Å². The molecular weight excluding hydrogens is 369 g/mol. The highest BCUT2D eigenvalue weighted by molar-refractivity contribution is 5.44. The van der Waals surface area contributed by atoms with Crippen molar-refractivity contribution in [2.45, 2.75) is 44.6 Å². The minimum Gasteiger partial charge on any atom is -0.457 e. The van der Waals surface area contributed by atoms with Crippen LogP contribution in [0.25, 0.3) is 0 Å². The Morgan fingerprint density at radius 2 is 2.00 bits per heavy atom. The summed E-state index contributed by atoms with van der Waals surface area (Å²) < 4.78 is 25.1. The van der Waals surface area contributed by atoms with Gasteiger partial charge in [0, 0.05) is 37.8 Å². The van der Waals surface area contributed by atoms with E-state index in [0.29, 0.717) is 24.5 Å². The second-order valence-corrected chi connectivity index (χ2v) is 7.93. The minimum atomic E-state index is -1.01. The van der Waals surface area contributed by atoms with Crippen LogP contribution in [0.2, 0.25) is 0 Å². The molecule has 0 aliphatic carbocycles. The van der Waals surface area contributed by atoms with Gasteiger partial charge in [-0.3, -0.25) is 0 Å². The number of methoxy groups -OCH3 is 1. The molecule has 0 unspecified atom stereocenters. The van der Waals surface area contributed by atoms with Gasteiger partial charge in [-0.15, -0.1) is 0 Å². The van der Waals surface area contributed by atoms with Crippen molar-refractivity contribution in [3.05, 3.63) is 59.4 Å². The van der Waals surface area contributed by atoms with Gasteiger partial charge in [0.2, 0.25) is 0 Å². The van der Waals surface area contributed by atoms with Crippen molar-refractivity contribution in [2.75, 3.05) is 26.8 Å². The van der Waals surface area contributed by atoms with Gasteiger partial charge < -0.3 is 19.9 Å². The molecule has 0 aromatic heterocycles. The molecule has 1 aliphatic heterocycles. The fourth-order valence-electron chi connectivity index (χ4n) is 4.17. The molecule has 0 amide bonds. The maximum atomic E-state index is 13.8. The Morgan fingerprint density at radius 1 is 1.17 bits per heavy atom. The first kappa shape index (κ1) is 21.8. The molecule has 3 rings (SSSR count). The van der Waals surface area contributed by atoms with E-state index in [0.717, 1.165) is 49.9 Å². The van der Waals surface area contributed by atoms with Crippen LogP contribution in [0.4, 0.5) is 4.39 Å². The second kappa shape index (κ2) is 10.2. The highest BCUT2D eigenvalue weighted by Gasteiger charge is 2.40. The summed E-state index contributed by atoms with van der Waals surface area (Å²) in [5.41, 5.74) is 0.609. The first-order valence-electron chi connectivity index (χ1n) is 10.5. The molecule has 158 valence electrons. The Kier molecular flexibility index (Phi) is 7.64. The Bertz CT molecular complexity index is 791. The third-order valence-electron chi connectivity index (χ3n) is 5.85. The van der Waals surface area contributed by atoms with Crippen molar-refractivity contribution >= 4 is 0 Å². The number of halogens is 1. The second-order valence-electron chi connectivity index (χ2n) is 7.93. The highest BCUT2D eigenvalue weighted by Crippen LogP contribution is 2.43. The molecule has 0 saturated carbocycles. The van der Waals surface area contributed by atoms with Crippen molar-refractivity contribution in [1.29, 1.82) is 0 Å². The van der Waals surface area contributed by atoms with Crippen LogP contribution < -0.4 is 10.1 Å². The van der Waals surface area contributed by atoms with Gasteiger partial charge in [0.25, 0.3) is 0 Å². The number of rotatable bonds is 9. The van der Waals surface area contributed by atoms with Gasteiger partial charge in [0.05, 0.1) is 5.60 Å². The molecule has 2 aromatic carbocycles. The summed E-state index contributed by atoms with van der Waals surface area (Å²) in [6, 6.07) is 12.1. The summed E-state index contributed by atoms with van der Waals surface area (Å²) in [5, 5.41) is 15.4. The summed E-state index contributed by atoms with van der Waals surface area (Å²) in [6.45, 7) is 4.32. The first-order chi connectivity index (χ1) is 14.0. The Balaban J connectivity index is 1.93. The molecule has 2 atom stereocenters. The number of ether oxygens (including phenoxy) is 2. The van der Waals surface area contributed by atoms with Crippen LogP contribution in [0, 0.1) is 18.7 Å². The van der Waals surface area contributed by atoms with E-state index in [-0.39, 0.29) is 11.7 Å². The lowest BCUT2D eigenvalue weighted by Gasteiger charge is -2.40.